The molecule has 1 saturated carbocycles. The highest BCUT2D eigenvalue weighted by atomic mass is 19.1. The molecule has 2 atom stereocenters. The summed E-state index contributed by atoms with van der Waals surface area (Å²) in [5.41, 5.74) is 1.80. The van der Waals surface area contributed by atoms with Crippen molar-refractivity contribution in [2.75, 3.05) is 6.54 Å². The van der Waals surface area contributed by atoms with Crippen molar-refractivity contribution in [3.05, 3.63) is 48.0 Å². The number of aliphatic hydroxyl groups is 1. The third kappa shape index (κ3) is 3.79. The third-order valence-electron chi connectivity index (χ3n) is 4.66. The highest BCUT2D eigenvalue weighted by molar-refractivity contribution is 5.31. The highest BCUT2D eigenvalue weighted by Gasteiger charge is 2.28. The minimum absolute atomic E-state index is 0.228. The topological polar surface area (TPSA) is 41.3 Å². The SMILES string of the molecule is CCN(Cc1cnn(-c2cccc(F)c2)c1)C1CCCCC1O. The van der Waals surface area contributed by atoms with Gasteiger partial charge in [-0.3, -0.25) is 4.90 Å². The first-order valence-electron chi connectivity index (χ1n) is 8.39. The van der Waals surface area contributed by atoms with E-state index in [4.69, 9.17) is 0 Å². The van der Waals surface area contributed by atoms with Crippen LogP contribution in [0.3, 0.4) is 0 Å². The Balaban J connectivity index is 1.72. The molecule has 1 fully saturated rings. The number of hydrogen-bond acceptors (Lipinski definition) is 3. The number of nitrogens with zero attached hydrogens (tertiary/aromatic N) is 3. The van der Waals surface area contributed by atoms with Gasteiger partial charge in [0.2, 0.25) is 0 Å². The molecule has 3 rings (SSSR count). The summed E-state index contributed by atoms with van der Waals surface area (Å²) >= 11 is 0. The Morgan fingerprint density at radius 2 is 2.17 bits per heavy atom. The zero-order valence-electron chi connectivity index (χ0n) is 13.5. The first-order valence-corrected chi connectivity index (χ1v) is 8.39. The first kappa shape index (κ1) is 16.1. The van der Waals surface area contributed by atoms with Crippen LogP contribution in [0.2, 0.25) is 0 Å². The van der Waals surface area contributed by atoms with Gasteiger partial charge in [-0.15, -0.1) is 0 Å². The number of likely N-dealkylation sites (N-methyl/N-ethyl adjacent to an activating group) is 1. The molecule has 2 unspecified atom stereocenters. The number of halogens is 1. The van der Waals surface area contributed by atoms with Crippen LogP contribution in [0, 0.1) is 5.82 Å². The second-order valence-corrected chi connectivity index (χ2v) is 6.26. The fourth-order valence-electron chi connectivity index (χ4n) is 3.42. The number of benzene rings is 1. The first-order chi connectivity index (χ1) is 11.2. The minimum atomic E-state index is -0.264. The van der Waals surface area contributed by atoms with Crippen molar-refractivity contribution in [3.63, 3.8) is 0 Å². The molecule has 0 saturated heterocycles. The number of rotatable bonds is 5. The molecule has 1 aliphatic rings. The number of aliphatic hydroxyl groups excluding tert-OH is 1. The molecule has 1 heterocycles. The molecule has 23 heavy (non-hydrogen) atoms. The fraction of sp³-hybridized carbons (Fsp3) is 0.500. The number of hydrogen-bond donors (Lipinski definition) is 1. The van der Waals surface area contributed by atoms with E-state index < -0.39 is 0 Å². The van der Waals surface area contributed by atoms with E-state index in [0.29, 0.717) is 0 Å². The van der Waals surface area contributed by atoms with Crippen LogP contribution in [0.1, 0.15) is 38.2 Å². The molecule has 0 spiro atoms. The fourth-order valence-corrected chi connectivity index (χ4v) is 3.42. The summed E-state index contributed by atoms with van der Waals surface area (Å²) in [5.74, 6) is -0.264. The van der Waals surface area contributed by atoms with Gasteiger partial charge in [0.1, 0.15) is 5.82 Å². The molecule has 5 heteroatoms. The van der Waals surface area contributed by atoms with E-state index in [2.05, 4.69) is 16.9 Å². The van der Waals surface area contributed by atoms with Gasteiger partial charge in [-0.05, 0) is 37.6 Å². The Labute approximate surface area is 136 Å². The van der Waals surface area contributed by atoms with Crippen molar-refractivity contribution >= 4 is 0 Å². The summed E-state index contributed by atoms with van der Waals surface area (Å²) in [7, 11) is 0. The van der Waals surface area contributed by atoms with Gasteiger partial charge in [-0.25, -0.2) is 9.07 Å². The van der Waals surface area contributed by atoms with E-state index in [9.17, 15) is 9.50 Å². The third-order valence-corrected chi connectivity index (χ3v) is 4.66. The van der Waals surface area contributed by atoms with Crippen LogP contribution in [-0.4, -0.2) is 38.5 Å². The van der Waals surface area contributed by atoms with Crippen molar-refractivity contribution in [2.45, 2.75) is 51.3 Å². The van der Waals surface area contributed by atoms with Crippen LogP contribution in [0.25, 0.3) is 5.69 Å². The summed E-state index contributed by atoms with van der Waals surface area (Å²) in [4.78, 5) is 2.32. The zero-order chi connectivity index (χ0) is 16.2. The van der Waals surface area contributed by atoms with Gasteiger partial charge in [0.15, 0.2) is 0 Å². The van der Waals surface area contributed by atoms with Gasteiger partial charge in [-0.2, -0.15) is 5.10 Å². The number of aromatic nitrogens is 2. The Bertz CT molecular complexity index is 643. The second kappa shape index (κ2) is 7.23. The molecule has 0 bridgehead atoms. The lowest BCUT2D eigenvalue weighted by molar-refractivity contribution is 0.0182. The van der Waals surface area contributed by atoms with Crippen molar-refractivity contribution in [2.24, 2.45) is 0 Å². The lowest BCUT2D eigenvalue weighted by Crippen LogP contribution is -2.44. The molecule has 1 aromatic heterocycles. The van der Waals surface area contributed by atoms with Gasteiger partial charge in [-0.1, -0.05) is 25.8 Å². The molecule has 1 N–H and O–H groups in total. The molecule has 124 valence electrons. The summed E-state index contributed by atoms with van der Waals surface area (Å²) in [6, 6.07) is 6.65. The maximum Gasteiger partial charge on any atom is 0.125 e. The Kier molecular flexibility index (Phi) is 5.08. The zero-order valence-corrected chi connectivity index (χ0v) is 13.5. The van der Waals surface area contributed by atoms with Crippen LogP contribution in [0.4, 0.5) is 4.39 Å². The minimum Gasteiger partial charge on any atom is -0.391 e. The van der Waals surface area contributed by atoms with E-state index in [0.717, 1.165) is 43.6 Å². The smallest absolute Gasteiger partial charge is 0.125 e. The maximum atomic E-state index is 13.3. The van der Waals surface area contributed by atoms with Crippen LogP contribution >= 0.6 is 0 Å². The molecule has 4 nitrogen and oxygen atoms in total. The summed E-state index contributed by atoms with van der Waals surface area (Å²) < 4.78 is 15.0. The molecule has 1 aliphatic carbocycles. The molecule has 1 aromatic carbocycles. The summed E-state index contributed by atoms with van der Waals surface area (Å²) in [5, 5.41) is 14.6. The highest BCUT2D eigenvalue weighted by Crippen LogP contribution is 2.24. The Morgan fingerprint density at radius 3 is 2.91 bits per heavy atom. The van der Waals surface area contributed by atoms with E-state index in [1.165, 1.54) is 18.6 Å². The van der Waals surface area contributed by atoms with E-state index in [-0.39, 0.29) is 18.0 Å². The van der Waals surface area contributed by atoms with Crippen molar-refractivity contribution in [1.82, 2.24) is 14.7 Å². The van der Waals surface area contributed by atoms with Gasteiger partial charge in [0.25, 0.3) is 0 Å². The van der Waals surface area contributed by atoms with Crippen molar-refractivity contribution in [3.8, 4) is 5.69 Å². The van der Waals surface area contributed by atoms with E-state index >= 15 is 0 Å². The molecular formula is C18H24FN3O. The van der Waals surface area contributed by atoms with Crippen LogP contribution < -0.4 is 0 Å². The monoisotopic (exact) mass is 317 g/mol. The molecule has 0 radical (unpaired) electrons. The Morgan fingerprint density at radius 1 is 1.35 bits per heavy atom. The van der Waals surface area contributed by atoms with Crippen LogP contribution in [0.5, 0.6) is 0 Å². The van der Waals surface area contributed by atoms with Crippen molar-refractivity contribution < 1.29 is 9.50 Å². The standard InChI is InChI=1S/C18H24FN3O/c1-2-21(17-8-3-4-9-18(17)23)12-14-11-20-22(13-14)16-7-5-6-15(19)10-16/h5-7,10-11,13,17-18,23H,2-4,8-9,12H2,1H3. The van der Waals surface area contributed by atoms with Crippen LogP contribution in [0.15, 0.2) is 36.7 Å². The van der Waals surface area contributed by atoms with Crippen molar-refractivity contribution in [1.29, 1.82) is 0 Å². The average molecular weight is 317 g/mol. The second-order valence-electron chi connectivity index (χ2n) is 6.26. The van der Waals surface area contributed by atoms with Gasteiger partial charge >= 0.3 is 0 Å². The normalized spacial score (nSPS) is 21.7. The summed E-state index contributed by atoms with van der Waals surface area (Å²) in [6.45, 7) is 3.78. The molecule has 2 aromatic rings. The predicted octanol–water partition coefficient (Wildman–Crippen LogP) is 3.14. The largest absolute Gasteiger partial charge is 0.391 e. The van der Waals surface area contributed by atoms with E-state index in [1.807, 2.05) is 18.5 Å². The maximum absolute atomic E-state index is 13.3. The quantitative estimate of drug-likeness (QED) is 0.921. The summed E-state index contributed by atoms with van der Waals surface area (Å²) in [6.07, 6.45) is 7.77. The van der Waals surface area contributed by atoms with Crippen LogP contribution in [-0.2, 0) is 6.54 Å². The average Bonchev–Trinajstić information content (AvgIpc) is 3.02. The lowest BCUT2D eigenvalue weighted by atomic mass is 9.91. The van der Waals surface area contributed by atoms with Gasteiger partial charge in [0, 0.05) is 24.3 Å². The molecular weight excluding hydrogens is 293 g/mol. The lowest BCUT2D eigenvalue weighted by Gasteiger charge is -2.36. The van der Waals surface area contributed by atoms with E-state index in [1.54, 1.807) is 10.7 Å². The van der Waals surface area contributed by atoms with Gasteiger partial charge < -0.3 is 5.11 Å². The predicted molar refractivity (Wildman–Crippen MR) is 87.9 cm³/mol. The van der Waals surface area contributed by atoms with Gasteiger partial charge in [0.05, 0.1) is 18.0 Å². The Hall–Kier alpha value is -1.72. The molecule has 0 amide bonds. The molecule has 0 aliphatic heterocycles.